The van der Waals surface area contributed by atoms with Crippen LogP contribution in [0.5, 0.6) is 5.75 Å². The normalized spacial score (nSPS) is 20.0. The second kappa shape index (κ2) is 11.5. The van der Waals surface area contributed by atoms with Gasteiger partial charge in [0.15, 0.2) is 0 Å². The molecule has 2 atom stereocenters. The minimum atomic E-state index is -0.736. The molecular formula is C25H31NO4. The second-order valence-corrected chi connectivity index (χ2v) is 7.92. The molecule has 2 aliphatic carbocycles. The van der Waals surface area contributed by atoms with Gasteiger partial charge in [0.25, 0.3) is 0 Å². The van der Waals surface area contributed by atoms with Crippen LogP contribution in [0.2, 0.25) is 0 Å². The van der Waals surface area contributed by atoms with E-state index in [1.165, 1.54) is 0 Å². The number of hydrogen-bond donors (Lipinski definition) is 2. The molecule has 0 aliphatic heterocycles. The SMILES string of the molecule is O=C(CCCC=CC[C@H]1C(=O)CC=C1C=C[C@@H](O)COc1ccccc1)NC1CC1. The number of unbranched alkanes of at least 4 members (excludes halogenated alkanes) is 1. The largest absolute Gasteiger partial charge is 0.491 e. The monoisotopic (exact) mass is 409 g/mol. The summed E-state index contributed by atoms with van der Waals surface area (Å²) in [6, 6.07) is 9.78. The smallest absolute Gasteiger partial charge is 0.220 e. The summed E-state index contributed by atoms with van der Waals surface area (Å²) in [7, 11) is 0. The molecule has 30 heavy (non-hydrogen) atoms. The number of hydrogen-bond acceptors (Lipinski definition) is 4. The van der Waals surface area contributed by atoms with Crippen molar-refractivity contribution in [2.75, 3.05) is 6.61 Å². The van der Waals surface area contributed by atoms with Crippen LogP contribution in [0.3, 0.4) is 0 Å². The molecule has 0 heterocycles. The molecule has 1 saturated carbocycles. The van der Waals surface area contributed by atoms with E-state index in [2.05, 4.69) is 11.4 Å². The zero-order valence-electron chi connectivity index (χ0n) is 17.3. The van der Waals surface area contributed by atoms with Crippen molar-refractivity contribution in [2.45, 2.75) is 57.1 Å². The first-order valence-corrected chi connectivity index (χ1v) is 10.8. The van der Waals surface area contributed by atoms with Gasteiger partial charge in [0.05, 0.1) is 0 Å². The maximum absolute atomic E-state index is 12.2. The Morgan fingerprint density at radius 2 is 2.03 bits per heavy atom. The van der Waals surface area contributed by atoms with Gasteiger partial charge >= 0.3 is 0 Å². The lowest BCUT2D eigenvalue weighted by Gasteiger charge is -2.11. The summed E-state index contributed by atoms with van der Waals surface area (Å²) in [5.41, 5.74) is 0.951. The van der Waals surface area contributed by atoms with Gasteiger partial charge in [-0.2, -0.15) is 0 Å². The molecule has 0 unspecified atom stereocenters. The van der Waals surface area contributed by atoms with Crippen LogP contribution < -0.4 is 10.1 Å². The third kappa shape index (κ3) is 7.64. The average molecular weight is 410 g/mol. The van der Waals surface area contributed by atoms with Crippen LogP contribution in [0, 0.1) is 5.92 Å². The highest BCUT2D eigenvalue weighted by molar-refractivity contribution is 5.89. The van der Waals surface area contributed by atoms with Crippen LogP contribution in [-0.4, -0.2) is 35.5 Å². The first kappa shape index (κ1) is 22.0. The molecular weight excluding hydrogens is 378 g/mol. The molecule has 0 aromatic heterocycles. The Morgan fingerprint density at radius 1 is 1.23 bits per heavy atom. The molecule has 1 aromatic rings. The predicted molar refractivity (Wildman–Crippen MR) is 117 cm³/mol. The molecule has 0 saturated heterocycles. The number of aliphatic hydroxyl groups is 1. The van der Waals surface area contributed by atoms with Crippen molar-refractivity contribution < 1.29 is 19.4 Å². The summed E-state index contributed by atoms with van der Waals surface area (Å²) < 4.78 is 5.55. The van der Waals surface area contributed by atoms with E-state index < -0.39 is 6.10 Å². The molecule has 160 valence electrons. The summed E-state index contributed by atoms with van der Waals surface area (Å²) in [6.07, 6.45) is 14.3. The first-order chi connectivity index (χ1) is 14.6. The van der Waals surface area contributed by atoms with E-state index in [4.69, 9.17) is 4.74 Å². The number of rotatable bonds is 12. The highest BCUT2D eigenvalue weighted by Gasteiger charge is 2.25. The number of ketones is 1. The van der Waals surface area contributed by atoms with Crippen LogP contribution >= 0.6 is 0 Å². The van der Waals surface area contributed by atoms with Crippen LogP contribution in [0.4, 0.5) is 0 Å². The second-order valence-electron chi connectivity index (χ2n) is 7.92. The summed E-state index contributed by atoms with van der Waals surface area (Å²) in [4.78, 5) is 23.8. The van der Waals surface area contributed by atoms with Crippen LogP contribution in [0.1, 0.15) is 44.9 Å². The van der Waals surface area contributed by atoms with Crippen molar-refractivity contribution in [3.05, 3.63) is 66.3 Å². The minimum Gasteiger partial charge on any atom is -0.491 e. The van der Waals surface area contributed by atoms with Crippen LogP contribution in [-0.2, 0) is 9.59 Å². The van der Waals surface area contributed by atoms with E-state index in [-0.39, 0.29) is 24.2 Å². The van der Waals surface area contributed by atoms with Gasteiger partial charge in [0, 0.05) is 24.8 Å². The number of ether oxygens (including phenoxy) is 1. The standard InChI is InChI=1S/C25H31NO4/c27-21(18-30-22-8-4-3-5-9-22)16-12-19-13-17-24(28)23(19)10-6-1-2-7-11-25(29)26-20-14-15-20/h1,3-6,8-9,12-13,16,20-21,23,27H,2,7,10-11,14-15,17-18H2,(H,26,29)/t21-,23-/m1/s1. The van der Waals surface area contributed by atoms with Gasteiger partial charge in [0.2, 0.25) is 5.91 Å². The molecule has 2 N–H and O–H groups in total. The van der Waals surface area contributed by atoms with Crippen molar-refractivity contribution >= 4 is 11.7 Å². The number of aliphatic hydroxyl groups excluding tert-OH is 1. The highest BCUT2D eigenvalue weighted by Crippen LogP contribution is 2.27. The third-order valence-corrected chi connectivity index (χ3v) is 5.26. The van der Waals surface area contributed by atoms with Gasteiger partial charge in [-0.1, -0.05) is 48.6 Å². The Balaban J connectivity index is 1.36. The lowest BCUT2D eigenvalue weighted by molar-refractivity contribution is -0.121. The molecule has 0 bridgehead atoms. The Morgan fingerprint density at radius 3 is 2.80 bits per heavy atom. The summed E-state index contributed by atoms with van der Waals surface area (Å²) >= 11 is 0. The Bertz CT molecular complexity index is 793. The van der Waals surface area contributed by atoms with Crippen molar-refractivity contribution in [1.29, 1.82) is 0 Å². The highest BCUT2D eigenvalue weighted by atomic mass is 16.5. The molecule has 0 spiro atoms. The fraction of sp³-hybridized carbons (Fsp3) is 0.440. The molecule has 1 fully saturated rings. The summed E-state index contributed by atoms with van der Waals surface area (Å²) in [5, 5.41) is 13.1. The van der Waals surface area contributed by atoms with Crippen LogP contribution in [0.25, 0.3) is 0 Å². The van der Waals surface area contributed by atoms with E-state index in [1.807, 2.05) is 48.6 Å². The Labute approximate surface area is 178 Å². The molecule has 5 nitrogen and oxygen atoms in total. The zero-order valence-corrected chi connectivity index (χ0v) is 17.3. The van der Waals surface area contributed by atoms with E-state index in [0.717, 1.165) is 31.3 Å². The van der Waals surface area contributed by atoms with E-state index in [9.17, 15) is 14.7 Å². The quantitative estimate of drug-likeness (QED) is 0.406. The lowest BCUT2D eigenvalue weighted by Crippen LogP contribution is -2.24. The molecule has 0 radical (unpaired) electrons. The number of benzene rings is 1. The molecule has 2 aliphatic rings. The van der Waals surface area contributed by atoms with Gasteiger partial charge in [-0.15, -0.1) is 0 Å². The third-order valence-electron chi connectivity index (χ3n) is 5.26. The topological polar surface area (TPSA) is 75.6 Å². The maximum atomic E-state index is 12.2. The average Bonchev–Trinajstić information content (AvgIpc) is 3.50. The Kier molecular flexibility index (Phi) is 8.45. The van der Waals surface area contributed by atoms with E-state index in [1.54, 1.807) is 6.08 Å². The lowest BCUT2D eigenvalue weighted by atomic mass is 9.95. The van der Waals surface area contributed by atoms with Gasteiger partial charge in [-0.3, -0.25) is 9.59 Å². The van der Waals surface area contributed by atoms with Gasteiger partial charge < -0.3 is 15.2 Å². The fourth-order valence-corrected chi connectivity index (χ4v) is 3.37. The van der Waals surface area contributed by atoms with Crippen molar-refractivity contribution in [3.8, 4) is 5.75 Å². The number of amides is 1. The van der Waals surface area contributed by atoms with Crippen molar-refractivity contribution in [2.24, 2.45) is 5.92 Å². The summed E-state index contributed by atoms with van der Waals surface area (Å²) in [6.45, 7) is 0.167. The van der Waals surface area contributed by atoms with Crippen molar-refractivity contribution in [3.63, 3.8) is 0 Å². The number of Topliss-reactive ketones (excluding diaryl/α,β-unsaturated/α-hetero) is 1. The Hall–Kier alpha value is -2.66. The first-order valence-electron chi connectivity index (χ1n) is 10.8. The van der Waals surface area contributed by atoms with E-state index in [0.29, 0.717) is 31.1 Å². The minimum absolute atomic E-state index is 0.141. The van der Waals surface area contributed by atoms with Gasteiger partial charge in [-0.25, -0.2) is 0 Å². The number of carbonyl (C=O) groups excluding carboxylic acids is 2. The van der Waals surface area contributed by atoms with Crippen molar-refractivity contribution in [1.82, 2.24) is 5.32 Å². The summed E-state index contributed by atoms with van der Waals surface area (Å²) in [5.74, 6) is 0.909. The molecule has 1 amide bonds. The maximum Gasteiger partial charge on any atom is 0.220 e. The van der Waals surface area contributed by atoms with E-state index >= 15 is 0 Å². The predicted octanol–water partition coefficient (Wildman–Crippen LogP) is 3.89. The fourth-order valence-electron chi connectivity index (χ4n) is 3.37. The molecule has 5 heteroatoms. The number of carbonyl (C=O) groups is 2. The number of allylic oxidation sites excluding steroid dienone is 5. The van der Waals surface area contributed by atoms with Crippen LogP contribution in [0.15, 0.2) is 66.3 Å². The van der Waals surface area contributed by atoms with Gasteiger partial charge in [-0.05, 0) is 49.8 Å². The molecule has 3 rings (SSSR count). The number of para-hydroxylation sites is 1. The van der Waals surface area contributed by atoms with Gasteiger partial charge in [0.1, 0.15) is 24.2 Å². The zero-order chi connectivity index (χ0) is 21.2. The molecule has 1 aromatic carbocycles. The number of nitrogens with one attached hydrogen (secondary N) is 1.